The van der Waals surface area contributed by atoms with Crippen LogP contribution < -0.4 is 4.72 Å². The van der Waals surface area contributed by atoms with Crippen molar-refractivity contribution in [2.24, 2.45) is 0 Å². The Morgan fingerprint density at radius 1 is 1.13 bits per heavy atom. The summed E-state index contributed by atoms with van der Waals surface area (Å²) in [6.07, 6.45) is 2.84. The topological polar surface area (TPSA) is 101 Å². The molecular formula is C15H11N5O2S. The molecule has 0 fully saturated rings. The van der Waals surface area contributed by atoms with Crippen LogP contribution >= 0.6 is 0 Å². The lowest BCUT2D eigenvalue weighted by atomic mass is 10.2. The number of hydrogen-bond acceptors (Lipinski definition) is 5. The van der Waals surface area contributed by atoms with Gasteiger partial charge in [0.25, 0.3) is 10.0 Å². The fraction of sp³-hybridized carbons (Fsp3) is 0. The number of nitriles is 1. The van der Waals surface area contributed by atoms with E-state index in [1.54, 1.807) is 30.3 Å². The summed E-state index contributed by atoms with van der Waals surface area (Å²) in [5.74, 6) is 0. The van der Waals surface area contributed by atoms with Crippen LogP contribution in [0.2, 0.25) is 0 Å². The van der Waals surface area contributed by atoms with Crippen LogP contribution in [0, 0.1) is 11.3 Å². The molecule has 0 atom stereocenters. The number of rotatable bonds is 4. The second-order valence-corrected chi connectivity index (χ2v) is 6.28. The summed E-state index contributed by atoms with van der Waals surface area (Å²) in [6, 6.07) is 14.6. The molecule has 0 aliphatic carbocycles. The lowest BCUT2D eigenvalue weighted by Gasteiger charge is -2.12. The zero-order chi connectivity index (χ0) is 16.3. The highest BCUT2D eigenvalue weighted by Gasteiger charge is 2.17. The van der Waals surface area contributed by atoms with Crippen molar-refractivity contribution in [3.63, 3.8) is 0 Å². The molecule has 2 aromatic carbocycles. The SMILES string of the molecule is N#Cc1cccc(S(=O)(=O)Nc2ccccc2-n2cncn2)c1. The molecule has 0 radical (unpaired) electrons. The third-order valence-electron chi connectivity index (χ3n) is 3.09. The van der Waals surface area contributed by atoms with Crippen molar-refractivity contribution >= 4 is 15.7 Å². The second-order valence-electron chi connectivity index (χ2n) is 4.60. The maximum Gasteiger partial charge on any atom is 0.262 e. The van der Waals surface area contributed by atoms with Crippen LogP contribution in [0.15, 0.2) is 66.1 Å². The minimum absolute atomic E-state index is 0.0185. The number of hydrogen-bond donors (Lipinski definition) is 1. The number of benzene rings is 2. The van der Waals surface area contributed by atoms with Crippen molar-refractivity contribution in [1.82, 2.24) is 14.8 Å². The first kappa shape index (κ1) is 14.7. The first-order valence-corrected chi connectivity index (χ1v) is 8.05. The highest BCUT2D eigenvalue weighted by Crippen LogP contribution is 2.22. The molecule has 1 heterocycles. The predicted molar refractivity (Wildman–Crippen MR) is 83.3 cm³/mol. The van der Waals surface area contributed by atoms with Gasteiger partial charge in [0, 0.05) is 0 Å². The van der Waals surface area contributed by atoms with Gasteiger partial charge in [-0.2, -0.15) is 10.4 Å². The first-order chi connectivity index (χ1) is 11.1. The average Bonchev–Trinajstić information content (AvgIpc) is 3.09. The third kappa shape index (κ3) is 3.04. The Kier molecular flexibility index (Phi) is 3.78. The molecule has 8 heteroatoms. The van der Waals surface area contributed by atoms with Crippen molar-refractivity contribution in [2.45, 2.75) is 4.90 Å². The molecule has 0 saturated heterocycles. The minimum Gasteiger partial charge on any atom is -0.277 e. The zero-order valence-corrected chi connectivity index (χ0v) is 12.6. The van der Waals surface area contributed by atoms with Crippen molar-refractivity contribution in [3.05, 3.63) is 66.7 Å². The van der Waals surface area contributed by atoms with Crippen LogP contribution in [0.25, 0.3) is 5.69 Å². The van der Waals surface area contributed by atoms with Crippen LogP contribution in [-0.4, -0.2) is 23.2 Å². The van der Waals surface area contributed by atoms with Crippen LogP contribution in [0.4, 0.5) is 5.69 Å². The van der Waals surface area contributed by atoms with Gasteiger partial charge in [-0.05, 0) is 30.3 Å². The summed E-state index contributed by atoms with van der Waals surface area (Å²) in [5.41, 5.74) is 1.18. The molecule has 114 valence electrons. The van der Waals surface area contributed by atoms with Crippen LogP contribution in [0.5, 0.6) is 0 Å². The summed E-state index contributed by atoms with van der Waals surface area (Å²) >= 11 is 0. The molecular weight excluding hydrogens is 314 g/mol. The molecule has 0 spiro atoms. The molecule has 0 aliphatic heterocycles. The van der Waals surface area contributed by atoms with Gasteiger partial charge in [0.15, 0.2) is 0 Å². The molecule has 0 unspecified atom stereocenters. The molecule has 0 saturated carbocycles. The summed E-state index contributed by atoms with van der Waals surface area (Å²) in [5, 5.41) is 12.9. The number of nitrogens with one attached hydrogen (secondary N) is 1. The minimum atomic E-state index is -3.82. The summed E-state index contributed by atoms with van der Waals surface area (Å²) in [6.45, 7) is 0. The van der Waals surface area contributed by atoms with Gasteiger partial charge < -0.3 is 0 Å². The average molecular weight is 325 g/mol. The molecule has 1 aromatic heterocycles. The van der Waals surface area contributed by atoms with Gasteiger partial charge in [-0.3, -0.25) is 4.72 Å². The summed E-state index contributed by atoms with van der Waals surface area (Å²) < 4.78 is 29.0. The normalized spacial score (nSPS) is 10.9. The number of anilines is 1. The Hall–Kier alpha value is -3.18. The van der Waals surface area contributed by atoms with Gasteiger partial charge in [0.1, 0.15) is 12.7 Å². The van der Waals surface area contributed by atoms with Gasteiger partial charge in [-0.1, -0.05) is 18.2 Å². The van der Waals surface area contributed by atoms with Crippen LogP contribution in [0.3, 0.4) is 0 Å². The Morgan fingerprint density at radius 2 is 1.96 bits per heavy atom. The maximum atomic E-state index is 12.5. The molecule has 0 bridgehead atoms. The molecule has 1 N–H and O–H groups in total. The van der Waals surface area contributed by atoms with Crippen molar-refractivity contribution in [2.75, 3.05) is 4.72 Å². The smallest absolute Gasteiger partial charge is 0.262 e. The molecule has 0 aliphatic rings. The van der Waals surface area contributed by atoms with E-state index in [2.05, 4.69) is 14.8 Å². The standard InChI is InChI=1S/C15H11N5O2S/c16-9-12-4-3-5-13(8-12)23(21,22)19-14-6-1-2-7-15(14)20-11-17-10-18-20/h1-8,10-11,19H. The van der Waals surface area contributed by atoms with E-state index in [-0.39, 0.29) is 10.5 Å². The third-order valence-corrected chi connectivity index (χ3v) is 4.45. The number of aromatic nitrogens is 3. The molecule has 3 rings (SSSR count). The largest absolute Gasteiger partial charge is 0.277 e. The van der Waals surface area contributed by atoms with Crippen molar-refractivity contribution in [3.8, 4) is 11.8 Å². The van der Waals surface area contributed by atoms with Gasteiger partial charge in [-0.25, -0.2) is 18.1 Å². The van der Waals surface area contributed by atoms with E-state index in [0.29, 0.717) is 11.4 Å². The van der Waals surface area contributed by atoms with E-state index in [9.17, 15) is 8.42 Å². The Morgan fingerprint density at radius 3 is 2.70 bits per heavy atom. The van der Waals surface area contributed by atoms with Gasteiger partial charge in [0.05, 0.1) is 27.9 Å². The highest BCUT2D eigenvalue weighted by molar-refractivity contribution is 7.92. The number of nitrogens with zero attached hydrogens (tertiary/aromatic N) is 4. The van der Waals surface area contributed by atoms with E-state index < -0.39 is 10.0 Å². The maximum absolute atomic E-state index is 12.5. The number of para-hydroxylation sites is 2. The quantitative estimate of drug-likeness (QED) is 0.790. The lowest BCUT2D eigenvalue weighted by molar-refractivity contribution is 0.601. The van der Waals surface area contributed by atoms with Crippen molar-refractivity contribution in [1.29, 1.82) is 5.26 Å². The predicted octanol–water partition coefficient (Wildman–Crippen LogP) is 1.94. The Labute approximate surface area is 132 Å². The van der Waals surface area contributed by atoms with E-state index >= 15 is 0 Å². The second kappa shape index (κ2) is 5.90. The Bertz CT molecular complexity index is 975. The van der Waals surface area contributed by atoms with E-state index in [4.69, 9.17) is 5.26 Å². The summed E-state index contributed by atoms with van der Waals surface area (Å²) in [7, 11) is -3.82. The lowest BCUT2D eigenvalue weighted by Crippen LogP contribution is -2.15. The molecule has 7 nitrogen and oxygen atoms in total. The van der Waals surface area contributed by atoms with Gasteiger partial charge in [0.2, 0.25) is 0 Å². The first-order valence-electron chi connectivity index (χ1n) is 6.57. The van der Waals surface area contributed by atoms with Crippen LogP contribution in [0.1, 0.15) is 5.56 Å². The molecule has 3 aromatic rings. The van der Waals surface area contributed by atoms with Gasteiger partial charge in [-0.15, -0.1) is 0 Å². The molecule has 0 amide bonds. The van der Waals surface area contributed by atoms with E-state index in [1.807, 2.05) is 6.07 Å². The van der Waals surface area contributed by atoms with E-state index in [1.165, 1.54) is 35.5 Å². The Balaban J connectivity index is 2.00. The fourth-order valence-electron chi connectivity index (χ4n) is 2.03. The zero-order valence-electron chi connectivity index (χ0n) is 11.8. The monoisotopic (exact) mass is 325 g/mol. The molecule has 23 heavy (non-hydrogen) atoms. The van der Waals surface area contributed by atoms with Crippen molar-refractivity contribution < 1.29 is 8.42 Å². The van der Waals surface area contributed by atoms with E-state index in [0.717, 1.165) is 0 Å². The summed E-state index contributed by atoms with van der Waals surface area (Å²) in [4.78, 5) is 3.87. The highest BCUT2D eigenvalue weighted by atomic mass is 32.2. The van der Waals surface area contributed by atoms with Gasteiger partial charge >= 0.3 is 0 Å². The fourth-order valence-corrected chi connectivity index (χ4v) is 3.15. The number of sulfonamides is 1. The van der Waals surface area contributed by atoms with Crippen LogP contribution in [-0.2, 0) is 10.0 Å².